The molecule has 1 fully saturated rings. The number of sulfonamides is 1. The lowest BCUT2D eigenvalue weighted by atomic mass is 10.1. The van der Waals surface area contributed by atoms with Gasteiger partial charge in [-0.1, -0.05) is 12.8 Å². The first-order chi connectivity index (χ1) is 13.9. The zero-order chi connectivity index (χ0) is 20.4. The van der Waals surface area contributed by atoms with Crippen molar-refractivity contribution in [3.8, 4) is 0 Å². The van der Waals surface area contributed by atoms with E-state index in [1.165, 1.54) is 41.9 Å². The largest absolute Gasteiger partial charge is 0.372 e. The van der Waals surface area contributed by atoms with E-state index >= 15 is 0 Å². The van der Waals surface area contributed by atoms with Gasteiger partial charge >= 0.3 is 0 Å². The van der Waals surface area contributed by atoms with Gasteiger partial charge < -0.3 is 10.2 Å². The maximum absolute atomic E-state index is 12.7. The highest BCUT2D eigenvalue weighted by atomic mass is 32.2. The number of carbonyl (C=O) groups is 1. The van der Waals surface area contributed by atoms with Crippen molar-refractivity contribution < 1.29 is 13.2 Å². The van der Waals surface area contributed by atoms with Crippen molar-refractivity contribution in [2.45, 2.75) is 32.1 Å². The van der Waals surface area contributed by atoms with Crippen LogP contribution in [0, 0.1) is 0 Å². The molecule has 154 valence electrons. The van der Waals surface area contributed by atoms with Crippen LogP contribution in [0.2, 0.25) is 0 Å². The van der Waals surface area contributed by atoms with Gasteiger partial charge in [-0.25, -0.2) is 8.42 Å². The fraction of sp³-hybridized carbons (Fsp3) is 0.409. The molecule has 0 spiro atoms. The summed E-state index contributed by atoms with van der Waals surface area (Å²) >= 11 is 0. The molecule has 4 rings (SSSR count). The molecule has 1 amide bonds. The van der Waals surface area contributed by atoms with E-state index in [0.717, 1.165) is 24.3 Å². The van der Waals surface area contributed by atoms with Crippen LogP contribution in [0.15, 0.2) is 42.5 Å². The van der Waals surface area contributed by atoms with Gasteiger partial charge in [0.05, 0.1) is 11.9 Å². The lowest BCUT2D eigenvalue weighted by Gasteiger charge is -2.22. The number of nitrogens with zero attached hydrogens (tertiary/aromatic N) is 2. The number of rotatable bonds is 4. The van der Waals surface area contributed by atoms with Crippen LogP contribution in [0.1, 0.15) is 41.6 Å². The van der Waals surface area contributed by atoms with Crippen molar-refractivity contribution in [1.82, 2.24) is 0 Å². The maximum Gasteiger partial charge on any atom is 0.255 e. The Morgan fingerprint density at radius 3 is 2.28 bits per heavy atom. The molecule has 29 heavy (non-hydrogen) atoms. The molecule has 0 aromatic heterocycles. The van der Waals surface area contributed by atoms with Crippen molar-refractivity contribution in [3.63, 3.8) is 0 Å². The molecule has 1 N–H and O–H groups in total. The lowest BCUT2D eigenvalue weighted by molar-refractivity contribution is 0.102. The van der Waals surface area contributed by atoms with Gasteiger partial charge in [-0.2, -0.15) is 0 Å². The lowest BCUT2D eigenvalue weighted by Crippen LogP contribution is -2.27. The zero-order valence-electron chi connectivity index (χ0n) is 16.7. The number of nitrogens with one attached hydrogen (secondary N) is 1. The predicted molar refractivity (Wildman–Crippen MR) is 117 cm³/mol. The number of anilines is 3. The highest BCUT2D eigenvalue weighted by molar-refractivity contribution is 7.92. The third kappa shape index (κ3) is 4.40. The molecule has 7 heteroatoms. The topological polar surface area (TPSA) is 69.7 Å². The highest BCUT2D eigenvalue weighted by Crippen LogP contribution is 2.31. The Balaban J connectivity index is 1.44. The Morgan fingerprint density at radius 1 is 0.931 bits per heavy atom. The number of carbonyl (C=O) groups excluding carboxylic acids is 1. The van der Waals surface area contributed by atoms with Gasteiger partial charge in [0.25, 0.3) is 5.91 Å². The van der Waals surface area contributed by atoms with Gasteiger partial charge in [0, 0.05) is 36.6 Å². The van der Waals surface area contributed by atoms with E-state index < -0.39 is 10.0 Å². The summed E-state index contributed by atoms with van der Waals surface area (Å²) in [4.78, 5) is 15.1. The molecule has 0 atom stereocenters. The standard InChI is InChI=1S/C22H27N3O3S/c1-29(27,28)25-15-12-17-16-18(6-11-21(17)25)22(26)23-19-7-9-20(10-8-19)24-13-4-2-3-5-14-24/h6-11,16H,2-5,12-15H2,1H3,(H,23,26). The first-order valence-electron chi connectivity index (χ1n) is 10.2. The molecule has 0 radical (unpaired) electrons. The first kappa shape index (κ1) is 19.8. The molecular formula is C22H27N3O3S. The van der Waals surface area contributed by atoms with Crippen LogP contribution in [0.25, 0.3) is 0 Å². The molecule has 2 aliphatic rings. The van der Waals surface area contributed by atoms with Crippen molar-refractivity contribution in [2.24, 2.45) is 0 Å². The minimum atomic E-state index is -3.28. The van der Waals surface area contributed by atoms with E-state index in [4.69, 9.17) is 0 Å². The minimum Gasteiger partial charge on any atom is -0.372 e. The molecule has 0 saturated carbocycles. The predicted octanol–water partition coefficient (Wildman–Crippen LogP) is 3.64. The average molecular weight is 414 g/mol. The highest BCUT2D eigenvalue weighted by Gasteiger charge is 2.26. The molecular weight excluding hydrogens is 386 g/mol. The van der Waals surface area contributed by atoms with Crippen LogP contribution in [0.5, 0.6) is 0 Å². The second-order valence-electron chi connectivity index (χ2n) is 7.83. The number of benzene rings is 2. The van der Waals surface area contributed by atoms with Crippen LogP contribution in [0.3, 0.4) is 0 Å². The minimum absolute atomic E-state index is 0.187. The summed E-state index contributed by atoms with van der Waals surface area (Å²) in [6.07, 6.45) is 6.88. The second kappa shape index (κ2) is 8.06. The Kier molecular flexibility index (Phi) is 5.50. The smallest absolute Gasteiger partial charge is 0.255 e. The third-order valence-corrected chi connectivity index (χ3v) is 6.87. The second-order valence-corrected chi connectivity index (χ2v) is 9.74. The van der Waals surface area contributed by atoms with Gasteiger partial charge in [0.2, 0.25) is 10.0 Å². The summed E-state index contributed by atoms with van der Waals surface area (Å²) in [5.74, 6) is -0.187. The summed E-state index contributed by atoms with van der Waals surface area (Å²) in [5, 5.41) is 2.94. The van der Waals surface area contributed by atoms with Gasteiger partial charge in [-0.15, -0.1) is 0 Å². The van der Waals surface area contributed by atoms with Crippen LogP contribution in [0.4, 0.5) is 17.1 Å². The van der Waals surface area contributed by atoms with Gasteiger partial charge in [-0.05, 0) is 67.3 Å². The first-order valence-corrected chi connectivity index (χ1v) is 12.0. The van der Waals surface area contributed by atoms with Crippen LogP contribution >= 0.6 is 0 Å². The molecule has 2 heterocycles. The summed E-state index contributed by atoms with van der Waals surface area (Å²) in [5.41, 5.74) is 4.05. The molecule has 0 aliphatic carbocycles. The van der Waals surface area contributed by atoms with E-state index in [-0.39, 0.29) is 5.91 Å². The van der Waals surface area contributed by atoms with E-state index in [2.05, 4.69) is 22.3 Å². The SMILES string of the molecule is CS(=O)(=O)N1CCc2cc(C(=O)Nc3ccc(N4CCCCCC4)cc3)ccc21. The molecule has 2 aromatic carbocycles. The Bertz CT molecular complexity index is 994. The van der Waals surface area contributed by atoms with Crippen LogP contribution < -0.4 is 14.5 Å². The van der Waals surface area contributed by atoms with E-state index in [9.17, 15) is 13.2 Å². The summed E-state index contributed by atoms with van der Waals surface area (Å²) in [6.45, 7) is 2.61. The molecule has 2 aromatic rings. The number of hydrogen-bond acceptors (Lipinski definition) is 4. The Morgan fingerprint density at radius 2 is 1.62 bits per heavy atom. The maximum atomic E-state index is 12.7. The van der Waals surface area contributed by atoms with Crippen LogP contribution in [-0.2, 0) is 16.4 Å². The number of amides is 1. The average Bonchev–Trinajstić information content (AvgIpc) is 2.95. The van der Waals surface area contributed by atoms with Crippen LogP contribution in [-0.4, -0.2) is 40.2 Å². The van der Waals surface area contributed by atoms with E-state index in [1.54, 1.807) is 18.2 Å². The summed E-state index contributed by atoms with van der Waals surface area (Å²) in [6, 6.07) is 13.2. The van der Waals surface area contributed by atoms with Gasteiger partial charge in [-0.3, -0.25) is 9.10 Å². The zero-order valence-corrected chi connectivity index (χ0v) is 17.5. The van der Waals surface area contributed by atoms with Crippen molar-refractivity contribution >= 4 is 33.0 Å². The summed E-state index contributed by atoms with van der Waals surface area (Å²) in [7, 11) is -3.28. The Hall–Kier alpha value is -2.54. The molecule has 0 unspecified atom stereocenters. The van der Waals surface area contributed by atoms with Crippen molar-refractivity contribution in [3.05, 3.63) is 53.6 Å². The fourth-order valence-corrected chi connectivity index (χ4v) is 5.10. The quantitative estimate of drug-likeness (QED) is 0.831. The van der Waals surface area contributed by atoms with Crippen molar-refractivity contribution in [1.29, 1.82) is 0 Å². The molecule has 1 saturated heterocycles. The molecule has 2 aliphatic heterocycles. The van der Waals surface area contributed by atoms with Gasteiger partial charge in [0.1, 0.15) is 0 Å². The summed E-state index contributed by atoms with van der Waals surface area (Å²) < 4.78 is 25.1. The molecule has 6 nitrogen and oxygen atoms in total. The monoisotopic (exact) mass is 413 g/mol. The van der Waals surface area contributed by atoms with E-state index in [0.29, 0.717) is 24.2 Å². The Labute approximate surface area is 172 Å². The fourth-order valence-electron chi connectivity index (χ4n) is 4.14. The molecule has 0 bridgehead atoms. The third-order valence-electron chi connectivity index (χ3n) is 5.69. The number of fused-ring (bicyclic) bond motifs is 1. The number of hydrogen-bond donors (Lipinski definition) is 1. The van der Waals surface area contributed by atoms with Crippen molar-refractivity contribution in [2.75, 3.05) is 40.4 Å². The van der Waals surface area contributed by atoms with Gasteiger partial charge in [0.15, 0.2) is 0 Å². The van der Waals surface area contributed by atoms with E-state index in [1.807, 2.05) is 12.1 Å². The normalized spacial score (nSPS) is 17.0.